The van der Waals surface area contributed by atoms with Crippen molar-refractivity contribution in [3.63, 3.8) is 0 Å². The summed E-state index contributed by atoms with van der Waals surface area (Å²) in [6.45, 7) is 4.72. The van der Waals surface area contributed by atoms with Crippen molar-refractivity contribution >= 4 is 28.3 Å². The van der Waals surface area contributed by atoms with Crippen LogP contribution < -0.4 is 5.73 Å². The van der Waals surface area contributed by atoms with Crippen molar-refractivity contribution < 1.29 is 0 Å². The van der Waals surface area contributed by atoms with Gasteiger partial charge in [0.25, 0.3) is 0 Å². The van der Waals surface area contributed by atoms with Crippen molar-refractivity contribution in [2.75, 3.05) is 5.73 Å². The van der Waals surface area contributed by atoms with E-state index >= 15 is 0 Å². The van der Waals surface area contributed by atoms with E-state index in [-0.39, 0.29) is 0 Å². The molecule has 5 nitrogen and oxygen atoms in total. The predicted molar refractivity (Wildman–Crippen MR) is 66.9 cm³/mol. The molecule has 0 saturated heterocycles. The summed E-state index contributed by atoms with van der Waals surface area (Å²) in [5.74, 6) is 0.845. The lowest BCUT2D eigenvalue weighted by Gasteiger charge is -2.04. The molecule has 80 valence electrons. The first-order valence-electron chi connectivity index (χ1n) is 4.67. The first-order chi connectivity index (χ1) is 7.13. The highest BCUT2D eigenvalue weighted by molar-refractivity contribution is 14.1. The van der Waals surface area contributed by atoms with Gasteiger partial charge in [-0.1, -0.05) is 0 Å². The SMILES string of the molecule is CCn1nc(C)c(N)c1-n1cc(I)cn1. The molecule has 0 radical (unpaired) electrons. The maximum absolute atomic E-state index is 5.97. The molecule has 2 aromatic rings. The number of aromatic nitrogens is 4. The third-order valence-corrected chi connectivity index (χ3v) is 2.77. The van der Waals surface area contributed by atoms with Gasteiger partial charge >= 0.3 is 0 Å². The maximum atomic E-state index is 5.97. The van der Waals surface area contributed by atoms with Gasteiger partial charge in [-0.05, 0) is 36.4 Å². The van der Waals surface area contributed by atoms with Crippen molar-refractivity contribution in [3.8, 4) is 5.82 Å². The molecule has 2 N–H and O–H groups in total. The van der Waals surface area contributed by atoms with Crippen LogP contribution in [0.15, 0.2) is 12.4 Å². The molecule has 2 aromatic heterocycles. The van der Waals surface area contributed by atoms with E-state index in [1.165, 1.54) is 0 Å². The summed E-state index contributed by atoms with van der Waals surface area (Å²) in [4.78, 5) is 0. The summed E-state index contributed by atoms with van der Waals surface area (Å²) >= 11 is 2.22. The molecule has 2 rings (SSSR count). The van der Waals surface area contributed by atoms with E-state index in [4.69, 9.17) is 5.73 Å². The molecule has 0 amide bonds. The van der Waals surface area contributed by atoms with E-state index < -0.39 is 0 Å². The van der Waals surface area contributed by atoms with Gasteiger partial charge in [-0.3, -0.25) is 0 Å². The highest BCUT2D eigenvalue weighted by atomic mass is 127. The molecule has 0 aromatic carbocycles. The monoisotopic (exact) mass is 317 g/mol. The number of hydrogen-bond donors (Lipinski definition) is 1. The minimum absolute atomic E-state index is 0.691. The van der Waals surface area contributed by atoms with Crippen LogP contribution in [0.5, 0.6) is 0 Å². The van der Waals surface area contributed by atoms with E-state index in [2.05, 4.69) is 32.8 Å². The van der Waals surface area contributed by atoms with Crippen LogP contribution in [0.1, 0.15) is 12.6 Å². The number of rotatable bonds is 2. The molecule has 0 saturated carbocycles. The number of nitrogens with two attached hydrogens (primary N) is 1. The average Bonchev–Trinajstić information content (AvgIpc) is 2.73. The fourth-order valence-corrected chi connectivity index (χ4v) is 1.85. The molecule has 0 atom stereocenters. The minimum atomic E-state index is 0.691. The normalized spacial score (nSPS) is 10.9. The third kappa shape index (κ3) is 1.73. The summed E-state index contributed by atoms with van der Waals surface area (Å²) in [5, 5.41) is 8.58. The lowest BCUT2D eigenvalue weighted by atomic mass is 10.4. The molecule has 0 aliphatic carbocycles. The second-order valence-corrected chi connectivity index (χ2v) is 4.49. The molecular formula is C9H12IN5. The Hall–Kier alpha value is -1.05. The summed E-state index contributed by atoms with van der Waals surface area (Å²) in [6, 6.07) is 0. The third-order valence-electron chi connectivity index (χ3n) is 2.21. The molecule has 2 heterocycles. The summed E-state index contributed by atoms with van der Waals surface area (Å²) in [6.07, 6.45) is 3.72. The van der Waals surface area contributed by atoms with E-state index in [1.807, 2.05) is 24.7 Å². The first-order valence-corrected chi connectivity index (χ1v) is 5.74. The van der Waals surface area contributed by atoms with Crippen molar-refractivity contribution in [1.82, 2.24) is 19.6 Å². The average molecular weight is 317 g/mol. The van der Waals surface area contributed by atoms with E-state index in [0.717, 1.165) is 21.6 Å². The standard InChI is InChI=1S/C9H12IN5/c1-3-14-9(8(11)6(2)13-14)15-5-7(10)4-12-15/h4-5H,3,11H2,1-2H3. The smallest absolute Gasteiger partial charge is 0.175 e. The van der Waals surface area contributed by atoms with Gasteiger partial charge < -0.3 is 5.73 Å². The first kappa shape index (κ1) is 10.5. The number of aryl methyl sites for hydroxylation is 2. The lowest BCUT2D eigenvalue weighted by Crippen LogP contribution is -2.07. The highest BCUT2D eigenvalue weighted by Gasteiger charge is 2.13. The van der Waals surface area contributed by atoms with E-state index in [1.54, 1.807) is 10.9 Å². The topological polar surface area (TPSA) is 61.7 Å². The zero-order valence-electron chi connectivity index (χ0n) is 8.61. The van der Waals surface area contributed by atoms with Gasteiger partial charge in [-0.2, -0.15) is 10.2 Å². The van der Waals surface area contributed by atoms with E-state index in [0.29, 0.717) is 5.69 Å². The van der Waals surface area contributed by atoms with Crippen LogP contribution >= 0.6 is 22.6 Å². The predicted octanol–water partition coefficient (Wildman–Crippen LogP) is 1.58. The van der Waals surface area contributed by atoms with Crippen LogP contribution in [0.2, 0.25) is 0 Å². The molecule has 0 unspecified atom stereocenters. The van der Waals surface area contributed by atoms with Crippen LogP contribution in [-0.4, -0.2) is 19.6 Å². The minimum Gasteiger partial charge on any atom is -0.394 e. The van der Waals surface area contributed by atoms with Gasteiger partial charge in [0.05, 0.1) is 21.1 Å². The number of nitrogens with zero attached hydrogens (tertiary/aromatic N) is 4. The Morgan fingerprint density at radius 1 is 1.53 bits per heavy atom. The zero-order chi connectivity index (χ0) is 11.0. The molecule has 0 bridgehead atoms. The second-order valence-electron chi connectivity index (χ2n) is 3.24. The Labute approximate surface area is 101 Å². The molecular weight excluding hydrogens is 305 g/mol. The lowest BCUT2D eigenvalue weighted by molar-refractivity contribution is 0.618. The van der Waals surface area contributed by atoms with Crippen molar-refractivity contribution in [2.45, 2.75) is 20.4 Å². The van der Waals surface area contributed by atoms with Crippen LogP contribution in [0.25, 0.3) is 5.82 Å². The van der Waals surface area contributed by atoms with Gasteiger partial charge in [0, 0.05) is 12.7 Å². The van der Waals surface area contributed by atoms with Crippen LogP contribution in [-0.2, 0) is 6.54 Å². The highest BCUT2D eigenvalue weighted by Crippen LogP contribution is 2.20. The number of halogens is 1. The van der Waals surface area contributed by atoms with E-state index in [9.17, 15) is 0 Å². The molecule has 15 heavy (non-hydrogen) atoms. The zero-order valence-corrected chi connectivity index (χ0v) is 10.8. The summed E-state index contributed by atoms with van der Waals surface area (Å²) < 4.78 is 4.70. The van der Waals surface area contributed by atoms with Gasteiger partial charge in [0.15, 0.2) is 5.82 Å². The van der Waals surface area contributed by atoms with Crippen LogP contribution in [0.4, 0.5) is 5.69 Å². The van der Waals surface area contributed by atoms with Gasteiger partial charge in [0.1, 0.15) is 0 Å². The molecule has 0 fully saturated rings. The van der Waals surface area contributed by atoms with Crippen molar-refractivity contribution in [2.24, 2.45) is 0 Å². The Kier molecular flexibility index (Phi) is 2.68. The van der Waals surface area contributed by atoms with Crippen LogP contribution in [0.3, 0.4) is 0 Å². The van der Waals surface area contributed by atoms with Gasteiger partial charge in [0.2, 0.25) is 0 Å². The number of hydrogen-bond acceptors (Lipinski definition) is 3. The Bertz CT molecular complexity index is 485. The largest absolute Gasteiger partial charge is 0.394 e. The fourth-order valence-electron chi connectivity index (χ4n) is 1.46. The fraction of sp³-hybridized carbons (Fsp3) is 0.333. The molecule has 6 heteroatoms. The number of anilines is 1. The molecule has 0 aliphatic heterocycles. The summed E-state index contributed by atoms with van der Waals surface area (Å²) in [7, 11) is 0. The van der Waals surface area contributed by atoms with Crippen molar-refractivity contribution in [3.05, 3.63) is 21.7 Å². The van der Waals surface area contributed by atoms with Gasteiger partial charge in [-0.15, -0.1) is 0 Å². The molecule has 0 spiro atoms. The van der Waals surface area contributed by atoms with Gasteiger partial charge in [-0.25, -0.2) is 9.36 Å². The second kappa shape index (κ2) is 3.84. The van der Waals surface area contributed by atoms with Crippen molar-refractivity contribution in [1.29, 1.82) is 0 Å². The Balaban J connectivity index is 2.60. The Morgan fingerprint density at radius 3 is 2.80 bits per heavy atom. The van der Waals surface area contributed by atoms with Crippen LogP contribution in [0, 0.1) is 10.5 Å². The number of nitrogen functional groups attached to an aromatic ring is 1. The summed E-state index contributed by atoms with van der Waals surface area (Å²) in [5.41, 5.74) is 7.51. The maximum Gasteiger partial charge on any atom is 0.175 e. The quantitative estimate of drug-likeness (QED) is 0.856. The Morgan fingerprint density at radius 2 is 2.27 bits per heavy atom. The molecule has 0 aliphatic rings.